The lowest BCUT2D eigenvalue weighted by Crippen LogP contribution is -2.30. The lowest BCUT2D eigenvalue weighted by molar-refractivity contribution is 0.153. The van der Waals surface area contributed by atoms with Crippen LogP contribution in [0.1, 0.15) is 6.42 Å². The van der Waals surface area contributed by atoms with Gasteiger partial charge in [-0.05, 0) is 6.42 Å². The van der Waals surface area contributed by atoms with E-state index in [4.69, 9.17) is 4.74 Å². The normalized spacial score (nSPS) is 19.7. The lowest BCUT2D eigenvalue weighted by Gasteiger charge is -2.21. The summed E-state index contributed by atoms with van der Waals surface area (Å²) in [6.07, 6.45) is 5.66. The van der Waals surface area contributed by atoms with E-state index >= 15 is 0 Å². The fourth-order valence-corrected chi connectivity index (χ4v) is 1.11. The van der Waals surface area contributed by atoms with E-state index in [9.17, 15) is 0 Å². The van der Waals surface area contributed by atoms with Crippen molar-refractivity contribution in [3.05, 3.63) is 12.2 Å². The molecule has 0 amide bonds. The second kappa shape index (κ2) is 4.47. The maximum absolute atomic E-state index is 4.98. The number of hydrogen-bond donors (Lipinski definition) is 0. The highest BCUT2D eigenvalue weighted by Crippen LogP contribution is 1.99. The molecule has 0 aliphatic carbocycles. The minimum atomic E-state index is 0.855. The Morgan fingerprint density at radius 1 is 1.50 bits per heavy atom. The van der Waals surface area contributed by atoms with Crippen molar-refractivity contribution < 1.29 is 4.74 Å². The van der Waals surface area contributed by atoms with Gasteiger partial charge in [-0.3, -0.25) is 4.90 Å². The molecule has 0 saturated carbocycles. The van der Waals surface area contributed by atoms with Crippen LogP contribution >= 0.6 is 0 Å². The molecule has 1 heterocycles. The summed E-state index contributed by atoms with van der Waals surface area (Å²) < 4.78 is 4.98. The average molecular weight is 141 g/mol. The highest BCUT2D eigenvalue weighted by Gasteiger charge is 2.03. The highest BCUT2D eigenvalue weighted by molar-refractivity contribution is 4.90. The predicted molar refractivity (Wildman–Crippen MR) is 42.1 cm³/mol. The minimum Gasteiger partial charge on any atom is -0.383 e. The van der Waals surface area contributed by atoms with Crippen molar-refractivity contribution in [3.63, 3.8) is 0 Å². The average Bonchev–Trinajstić information content (AvgIpc) is 2.03. The largest absolute Gasteiger partial charge is 0.383 e. The molecule has 0 bridgehead atoms. The van der Waals surface area contributed by atoms with Crippen LogP contribution in [-0.2, 0) is 4.74 Å². The third kappa shape index (κ3) is 2.50. The third-order valence-electron chi connectivity index (χ3n) is 1.75. The number of ether oxygens (including phenoxy) is 1. The molecule has 0 fully saturated rings. The predicted octanol–water partition coefficient (Wildman–Crippen LogP) is 0.895. The van der Waals surface area contributed by atoms with E-state index in [0.717, 1.165) is 19.7 Å². The van der Waals surface area contributed by atoms with E-state index in [-0.39, 0.29) is 0 Å². The molecule has 0 spiro atoms. The van der Waals surface area contributed by atoms with Crippen LogP contribution in [-0.4, -0.2) is 38.3 Å². The quantitative estimate of drug-likeness (QED) is 0.541. The van der Waals surface area contributed by atoms with E-state index < -0.39 is 0 Å². The van der Waals surface area contributed by atoms with Gasteiger partial charge in [-0.2, -0.15) is 0 Å². The first-order chi connectivity index (χ1) is 4.93. The monoisotopic (exact) mass is 141 g/mol. The summed E-state index contributed by atoms with van der Waals surface area (Å²) in [5.74, 6) is 0. The molecule has 0 unspecified atom stereocenters. The molecule has 58 valence electrons. The van der Waals surface area contributed by atoms with Crippen LogP contribution in [0.15, 0.2) is 12.2 Å². The molecule has 10 heavy (non-hydrogen) atoms. The summed E-state index contributed by atoms with van der Waals surface area (Å²) >= 11 is 0. The fourth-order valence-electron chi connectivity index (χ4n) is 1.11. The van der Waals surface area contributed by atoms with Gasteiger partial charge in [0.2, 0.25) is 0 Å². The van der Waals surface area contributed by atoms with E-state index in [2.05, 4.69) is 17.1 Å². The first kappa shape index (κ1) is 7.76. The Kier molecular flexibility index (Phi) is 3.47. The lowest BCUT2D eigenvalue weighted by atomic mass is 10.2. The summed E-state index contributed by atoms with van der Waals surface area (Å²) in [6, 6.07) is 0. The van der Waals surface area contributed by atoms with Gasteiger partial charge >= 0.3 is 0 Å². The van der Waals surface area contributed by atoms with Crippen LogP contribution in [0.2, 0.25) is 0 Å². The summed E-state index contributed by atoms with van der Waals surface area (Å²) in [6.45, 7) is 4.22. The topological polar surface area (TPSA) is 12.5 Å². The zero-order valence-corrected chi connectivity index (χ0v) is 6.55. The Morgan fingerprint density at radius 2 is 2.40 bits per heavy atom. The third-order valence-corrected chi connectivity index (χ3v) is 1.75. The Labute approximate surface area is 62.5 Å². The van der Waals surface area contributed by atoms with Crippen molar-refractivity contribution >= 4 is 0 Å². The van der Waals surface area contributed by atoms with Crippen molar-refractivity contribution in [2.75, 3.05) is 33.4 Å². The van der Waals surface area contributed by atoms with Crippen LogP contribution in [0.25, 0.3) is 0 Å². The van der Waals surface area contributed by atoms with Gasteiger partial charge in [0.05, 0.1) is 6.61 Å². The van der Waals surface area contributed by atoms with Crippen molar-refractivity contribution in [1.82, 2.24) is 4.90 Å². The van der Waals surface area contributed by atoms with E-state index in [1.165, 1.54) is 13.0 Å². The van der Waals surface area contributed by atoms with Gasteiger partial charge in [0.15, 0.2) is 0 Å². The van der Waals surface area contributed by atoms with Gasteiger partial charge < -0.3 is 4.74 Å². The standard InChI is InChI=1S/C8H15NO/c1-10-8-7-9-5-3-2-4-6-9/h2-3H,4-8H2,1H3. The van der Waals surface area contributed by atoms with Crippen molar-refractivity contribution in [2.45, 2.75) is 6.42 Å². The van der Waals surface area contributed by atoms with Crippen LogP contribution in [0.5, 0.6) is 0 Å². The highest BCUT2D eigenvalue weighted by atomic mass is 16.5. The maximum Gasteiger partial charge on any atom is 0.0589 e. The van der Waals surface area contributed by atoms with Gasteiger partial charge in [0.1, 0.15) is 0 Å². The van der Waals surface area contributed by atoms with Crippen LogP contribution in [0.4, 0.5) is 0 Å². The fraction of sp³-hybridized carbons (Fsp3) is 0.750. The van der Waals surface area contributed by atoms with E-state index in [0.29, 0.717) is 0 Å². The summed E-state index contributed by atoms with van der Waals surface area (Å²) in [7, 11) is 1.75. The molecular weight excluding hydrogens is 126 g/mol. The summed E-state index contributed by atoms with van der Waals surface area (Å²) in [5.41, 5.74) is 0. The molecule has 1 rings (SSSR count). The zero-order valence-electron chi connectivity index (χ0n) is 6.55. The molecule has 2 nitrogen and oxygen atoms in total. The molecule has 0 saturated heterocycles. The molecule has 0 aromatic carbocycles. The molecule has 0 radical (unpaired) electrons. The molecule has 1 aliphatic rings. The molecule has 2 heteroatoms. The van der Waals surface area contributed by atoms with Gasteiger partial charge in [-0.15, -0.1) is 0 Å². The Bertz CT molecular complexity index is 112. The second-order valence-corrected chi connectivity index (χ2v) is 2.55. The van der Waals surface area contributed by atoms with Gasteiger partial charge in [-0.25, -0.2) is 0 Å². The molecule has 1 aliphatic heterocycles. The molecule has 0 aromatic heterocycles. The van der Waals surface area contributed by atoms with Crippen molar-refractivity contribution in [3.8, 4) is 0 Å². The van der Waals surface area contributed by atoms with Gasteiger partial charge in [0, 0.05) is 26.7 Å². The molecule has 0 atom stereocenters. The van der Waals surface area contributed by atoms with Crippen LogP contribution in [0.3, 0.4) is 0 Å². The number of rotatable bonds is 3. The van der Waals surface area contributed by atoms with Crippen molar-refractivity contribution in [2.24, 2.45) is 0 Å². The SMILES string of the molecule is COCCN1CC=CCC1. The Morgan fingerprint density at radius 3 is 3.00 bits per heavy atom. The second-order valence-electron chi connectivity index (χ2n) is 2.55. The zero-order chi connectivity index (χ0) is 7.23. The van der Waals surface area contributed by atoms with E-state index in [1.807, 2.05) is 0 Å². The maximum atomic E-state index is 4.98. The van der Waals surface area contributed by atoms with Crippen LogP contribution < -0.4 is 0 Å². The van der Waals surface area contributed by atoms with Gasteiger partial charge in [-0.1, -0.05) is 12.2 Å². The van der Waals surface area contributed by atoms with E-state index in [1.54, 1.807) is 7.11 Å². The Hall–Kier alpha value is -0.340. The Balaban J connectivity index is 2.10. The summed E-state index contributed by atoms with van der Waals surface area (Å²) in [5, 5.41) is 0. The molecular formula is C8H15NO. The number of hydrogen-bond acceptors (Lipinski definition) is 2. The minimum absolute atomic E-state index is 0.855. The first-order valence-corrected chi connectivity index (χ1v) is 3.80. The number of nitrogens with zero attached hydrogens (tertiary/aromatic N) is 1. The smallest absolute Gasteiger partial charge is 0.0589 e. The van der Waals surface area contributed by atoms with Gasteiger partial charge in [0.25, 0.3) is 0 Å². The number of methoxy groups -OCH3 is 1. The van der Waals surface area contributed by atoms with Crippen molar-refractivity contribution in [1.29, 1.82) is 0 Å². The molecule has 0 aromatic rings. The first-order valence-electron chi connectivity index (χ1n) is 3.80. The summed E-state index contributed by atoms with van der Waals surface area (Å²) in [4.78, 5) is 2.39. The molecule has 0 N–H and O–H groups in total. The van der Waals surface area contributed by atoms with Crippen LogP contribution in [0, 0.1) is 0 Å².